The molecule has 2 aliphatic heterocycles. The number of carbonyl (C=O) groups excluding carboxylic acids is 2. The summed E-state index contributed by atoms with van der Waals surface area (Å²) in [7, 11) is 5.26. The Bertz CT molecular complexity index is 1830. The molecular formula is C46H67ClFN3O10. The molecule has 5 unspecified atom stereocenters. The van der Waals surface area contributed by atoms with Crippen molar-refractivity contribution in [2.75, 3.05) is 21.2 Å². The van der Waals surface area contributed by atoms with Crippen LogP contribution < -0.4 is 0 Å². The second-order valence-electron chi connectivity index (χ2n) is 17.7. The maximum absolute atomic E-state index is 14.3. The van der Waals surface area contributed by atoms with Gasteiger partial charge in [0.2, 0.25) is 0 Å². The molecule has 0 saturated carbocycles. The molecule has 61 heavy (non-hydrogen) atoms. The van der Waals surface area contributed by atoms with Crippen LogP contribution in [0.1, 0.15) is 92.7 Å². The van der Waals surface area contributed by atoms with Crippen molar-refractivity contribution >= 4 is 35.0 Å². The van der Waals surface area contributed by atoms with Gasteiger partial charge >= 0.3 is 11.9 Å². The van der Waals surface area contributed by atoms with Crippen LogP contribution in [0.4, 0.5) is 4.39 Å². The van der Waals surface area contributed by atoms with E-state index in [1.807, 2.05) is 39.8 Å². The third kappa shape index (κ3) is 12.2. The molecule has 0 radical (unpaired) electrons. The summed E-state index contributed by atoms with van der Waals surface area (Å²) in [5, 5.41) is 45.6. The second-order valence-corrected chi connectivity index (χ2v) is 18.1. The number of carbonyl (C=O) groups is 2. The van der Waals surface area contributed by atoms with E-state index in [9.17, 15) is 29.3 Å². The minimum absolute atomic E-state index is 0.130. The van der Waals surface area contributed by atoms with Gasteiger partial charge in [-0.1, -0.05) is 63.6 Å². The number of hydrogen-bond donors (Lipinski definition) is 3. The van der Waals surface area contributed by atoms with Crippen molar-refractivity contribution in [3.8, 4) is 0 Å². The zero-order valence-electron chi connectivity index (χ0n) is 37.7. The van der Waals surface area contributed by atoms with Gasteiger partial charge in [0.05, 0.1) is 42.0 Å². The highest BCUT2D eigenvalue weighted by Gasteiger charge is 2.52. The molecule has 0 aliphatic carbocycles. The molecule has 15 heteroatoms. The van der Waals surface area contributed by atoms with Crippen molar-refractivity contribution in [2.45, 2.75) is 148 Å². The van der Waals surface area contributed by atoms with E-state index in [1.54, 1.807) is 71.0 Å². The van der Waals surface area contributed by atoms with Gasteiger partial charge in [0.1, 0.15) is 29.7 Å². The molecule has 13 nitrogen and oxygen atoms in total. The fraction of sp³-hybridized carbons (Fsp3) is 0.652. The quantitative estimate of drug-likeness (QED) is 0.137. The molecule has 14 atom stereocenters. The van der Waals surface area contributed by atoms with Gasteiger partial charge in [-0.05, 0) is 109 Å². The lowest BCUT2D eigenvalue weighted by molar-refractivity contribution is -0.301. The third-order valence-corrected chi connectivity index (χ3v) is 12.9. The first-order valence-electron chi connectivity index (χ1n) is 21.2. The van der Waals surface area contributed by atoms with Crippen molar-refractivity contribution in [3.05, 3.63) is 70.5 Å². The van der Waals surface area contributed by atoms with Crippen molar-refractivity contribution in [1.82, 2.24) is 4.90 Å². The van der Waals surface area contributed by atoms with Crippen LogP contribution in [-0.4, -0.2) is 125 Å². The molecule has 0 amide bonds. The van der Waals surface area contributed by atoms with Crippen LogP contribution in [0.15, 0.2) is 58.7 Å². The highest BCUT2D eigenvalue weighted by molar-refractivity contribution is 6.30. The number of benzene rings is 2. The van der Waals surface area contributed by atoms with Gasteiger partial charge in [0.25, 0.3) is 0 Å². The van der Waals surface area contributed by atoms with Crippen LogP contribution in [0.25, 0.3) is 0 Å². The first kappa shape index (κ1) is 50.3. The van der Waals surface area contributed by atoms with Crippen LogP contribution in [0, 0.1) is 29.5 Å². The summed E-state index contributed by atoms with van der Waals surface area (Å²) in [5.74, 6) is -5.15. The number of likely N-dealkylation sites (N-methyl/N-ethyl adjacent to an activating group) is 1. The van der Waals surface area contributed by atoms with E-state index in [4.69, 9.17) is 40.4 Å². The Balaban J connectivity index is 1.92. The van der Waals surface area contributed by atoms with Gasteiger partial charge in [-0.15, -0.1) is 0 Å². The number of cyclic esters (lactones) is 1. The molecule has 4 rings (SSSR count). The summed E-state index contributed by atoms with van der Waals surface area (Å²) >= 11 is 6.11. The van der Waals surface area contributed by atoms with E-state index in [1.165, 1.54) is 26.2 Å². The first-order valence-corrected chi connectivity index (χ1v) is 21.6. The zero-order valence-corrected chi connectivity index (χ0v) is 38.4. The average Bonchev–Trinajstić information content (AvgIpc) is 3.21. The maximum Gasteiger partial charge on any atom is 0.312 e. The molecule has 2 aliphatic rings. The van der Waals surface area contributed by atoms with Crippen molar-refractivity contribution in [3.63, 3.8) is 0 Å². The normalized spacial score (nSPS) is 36.7. The minimum Gasteiger partial charge on any atom is -0.461 e. The van der Waals surface area contributed by atoms with Gasteiger partial charge in [-0.2, -0.15) is 10.2 Å². The third-order valence-electron chi connectivity index (χ3n) is 12.6. The Labute approximate surface area is 365 Å². The van der Waals surface area contributed by atoms with E-state index in [0.29, 0.717) is 34.0 Å². The van der Waals surface area contributed by atoms with Gasteiger partial charge in [0, 0.05) is 35.7 Å². The molecule has 3 N–H and O–H groups in total. The Morgan fingerprint density at radius 3 is 2.21 bits per heavy atom. The van der Waals surface area contributed by atoms with E-state index in [-0.39, 0.29) is 31.4 Å². The van der Waals surface area contributed by atoms with Gasteiger partial charge in [-0.25, -0.2) is 4.39 Å². The van der Waals surface area contributed by atoms with Crippen LogP contribution >= 0.6 is 11.6 Å². The highest BCUT2D eigenvalue weighted by atomic mass is 35.5. The number of hydrogen-bond acceptors (Lipinski definition) is 13. The number of ether oxygens (including phenoxy) is 5. The lowest BCUT2D eigenvalue weighted by Crippen LogP contribution is -2.60. The van der Waals surface area contributed by atoms with Gasteiger partial charge in [0.15, 0.2) is 6.29 Å². The molecule has 0 aromatic heterocycles. The number of nitrogens with zero attached hydrogens (tertiary/aromatic N) is 3. The Hall–Kier alpha value is -3.34. The van der Waals surface area contributed by atoms with E-state index < -0.39 is 89.4 Å². The van der Waals surface area contributed by atoms with E-state index >= 15 is 0 Å². The molecule has 0 bridgehead atoms. The first-order chi connectivity index (χ1) is 28.5. The smallest absolute Gasteiger partial charge is 0.312 e. The topological polar surface area (TPSA) is 169 Å². The molecule has 2 fully saturated rings. The van der Waals surface area contributed by atoms with Crippen molar-refractivity contribution in [1.29, 1.82) is 0 Å². The average molecular weight is 877 g/mol. The molecule has 2 heterocycles. The molecule has 0 spiro atoms. The Kier molecular flexibility index (Phi) is 17.6. The highest BCUT2D eigenvalue weighted by Crippen LogP contribution is 2.40. The molecule has 2 saturated heterocycles. The maximum atomic E-state index is 14.3. The number of aliphatic hydroxyl groups excluding tert-OH is 2. The fourth-order valence-electron chi connectivity index (χ4n) is 8.83. The number of aliphatic hydroxyl groups is 3. The number of methoxy groups -OCH3 is 1. The monoisotopic (exact) mass is 875 g/mol. The lowest BCUT2D eigenvalue weighted by atomic mass is 9.73. The summed E-state index contributed by atoms with van der Waals surface area (Å²) in [4.78, 5) is 30.1. The van der Waals surface area contributed by atoms with Gasteiger partial charge in [-0.3, -0.25) is 9.59 Å². The van der Waals surface area contributed by atoms with Crippen LogP contribution in [0.2, 0.25) is 5.02 Å². The largest absolute Gasteiger partial charge is 0.461 e. The van der Waals surface area contributed by atoms with Crippen LogP contribution in [0.3, 0.4) is 0 Å². The molecular weight excluding hydrogens is 809 g/mol. The molecule has 2 aromatic carbocycles. The SMILES string of the molecule is CC[C@H]1OC(=O)[C@H](C)C(OC(=O)Cc2ccc(Cl)cc2)[C@H](C)[C@@H](OC2OC(C)CC(N(C)C)C2O)[C@](C)(OC)C[C@@H](C)/C(=N\N=C(/C)c2ccc(F)cc2)[C@H](C)[C@@H](O)[C@]1(C)O. The predicted octanol–water partition coefficient (Wildman–Crippen LogP) is 6.40. The Morgan fingerprint density at radius 2 is 1.64 bits per heavy atom. The van der Waals surface area contributed by atoms with E-state index in [0.717, 1.165) is 0 Å². The number of esters is 2. The minimum atomic E-state index is -1.99. The predicted molar refractivity (Wildman–Crippen MR) is 232 cm³/mol. The van der Waals surface area contributed by atoms with Crippen molar-refractivity contribution < 1.29 is 53.0 Å². The Morgan fingerprint density at radius 1 is 1.02 bits per heavy atom. The number of rotatable bonds is 10. The standard InChI is InChI=1S/C46H67ClFN3O10/c1-13-36-46(9,56)41(54)27(4)38(50-49-30(7)32-16-20-34(48)21-17-32)25(2)24-45(8,57-12)42(61-44-39(53)35(51(10)11)22-26(3)58-44)28(5)40(29(6)43(55)59-36)60-37(52)23-31-14-18-33(47)19-15-31/h14-21,25-29,35-36,39-42,44,53-54,56H,13,22-24H2,1-12H3/b49-30+,50-38+/t25-,26?,27+,28+,29-,35?,36-,39?,40?,41-,42-,44?,45-,46-/m1/s1. The molecule has 340 valence electrons. The lowest BCUT2D eigenvalue weighted by Gasteiger charge is -2.48. The summed E-state index contributed by atoms with van der Waals surface area (Å²) in [6.07, 6.45) is -6.79. The van der Waals surface area contributed by atoms with Gasteiger partial charge < -0.3 is 43.9 Å². The number of halogens is 2. The summed E-state index contributed by atoms with van der Waals surface area (Å²) in [6.45, 7) is 15.6. The summed E-state index contributed by atoms with van der Waals surface area (Å²) in [6, 6.07) is 12.3. The zero-order chi connectivity index (χ0) is 45.6. The van der Waals surface area contributed by atoms with Crippen LogP contribution in [-0.2, 0) is 39.7 Å². The van der Waals surface area contributed by atoms with E-state index in [2.05, 4.69) is 5.10 Å². The fourth-order valence-corrected chi connectivity index (χ4v) is 8.95. The molecule has 2 aromatic rings. The van der Waals surface area contributed by atoms with Crippen LogP contribution in [0.5, 0.6) is 0 Å². The second kappa shape index (κ2) is 21.4. The summed E-state index contributed by atoms with van der Waals surface area (Å²) < 4.78 is 45.7. The van der Waals surface area contributed by atoms with Crippen molar-refractivity contribution in [2.24, 2.45) is 33.9 Å². The summed E-state index contributed by atoms with van der Waals surface area (Å²) in [5.41, 5.74) is -1.15.